The van der Waals surface area contributed by atoms with E-state index in [9.17, 15) is 9.59 Å². The summed E-state index contributed by atoms with van der Waals surface area (Å²) in [6.45, 7) is 2.24. The number of benzene rings is 1. The highest BCUT2D eigenvalue weighted by molar-refractivity contribution is 7.09. The highest BCUT2D eigenvalue weighted by Gasteiger charge is 2.34. The van der Waals surface area contributed by atoms with Crippen molar-refractivity contribution in [2.45, 2.75) is 25.9 Å². The number of nitrogens with zero attached hydrogens (tertiary/aromatic N) is 3. The van der Waals surface area contributed by atoms with Crippen LogP contribution in [-0.4, -0.2) is 28.6 Å². The molecule has 3 rings (SSSR count). The zero-order chi connectivity index (χ0) is 17.1. The maximum atomic E-state index is 12.3. The van der Waals surface area contributed by atoms with Crippen LogP contribution in [0.25, 0.3) is 0 Å². The molecule has 0 saturated carbocycles. The van der Waals surface area contributed by atoms with Crippen LogP contribution in [0, 0.1) is 6.92 Å². The van der Waals surface area contributed by atoms with Crippen LogP contribution < -0.4 is 16.1 Å². The van der Waals surface area contributed by atoms with Crippen LogP contribution in [0.4, 0.5) is 5.69 Å². The topological polar surface area (TPSA) is 101 Å². The van der Waals surface area contributed by atoms with E-state index in [1.54, 1.807) is 0 Å². The van der Waals surface area contributed by atoms with Crippen molar-refractivity contribution in [1.29, 1.82) is 0 Å². The standard InChI is InChI=1S/C16H17N5O2S/c1-10-9-24-14(19-10)8-18-16(23)12-7-13(15(17)22)21(20-12)11-5-3-2-4-6-11/h2-6,9,13H,7-8H2,1H3,(H2,17,22)(H,18,23)/t13-/m0/s1. The Morgan fingerprint density at radius 1 is 1.38 bits per heavy atom. The third-order valence-electron chi connectivity index (χ3n) is 3.59. The Balaban J connectivity index is 1.72. The number of amides is 2. The van der Waals surface area contributed by atoms with E-state index in [1.807, 2.05) is 42.6 Å². The number of para-hydroxylation sites is 1. The van der Waals surface area contributed by atoms with Gasteiger partial charge in [-0.1, -0.05) is 18.2 Å². The Morgan fingerprint density at radius 2 is 2.12 bits per heavy atom. The van der Waals surface area contributed by atoms with Crippen molar-refractivity contribution < 1.29 is 9.59 Å². The minimum atomic E-state index is -0.657. The lowest BCUT2D eigenvalue weighted by Gasteiger charge is -2.20. The second kappa shape index (κ2) is 6.79. The molecule has 124 valence electrons. The van der Waals surface area contributed by atoms with E-state index in [-0.39, 0.29) is 18.0 Å². The number of hydrazone groups is 1. The summed E-state index contributed by atoms with van der Waals surface area (Å²) in [5.74, 6) is -0.825. The molecule has 0 fully saturated rings. The molecule has 0 bridgehead atoms. The summed E-state index contributed by atoms with van der Waals surface area (Å²) in [5, 5.41) is 11.3. The van der Waals surface area contributed by atoms with Crippen molar-refractivity contribution in [1.82, 2.24) is 10.3 Å². The van der Waals surface area contributed by atoms with E-state index in [4.69, 9.17) is 5.73 Å². The Kier molecular flexibility index (Phi) is 4.57. The Labute approximate surface area is 143 Å². The molecule has 1 aliphatic rings. The molecular formula is C16H17N5O2S. The number of carbonyl (C=O) groups is 2. The van der Waals surface area contributed by atoms with Crippen LogP contribution >= 0.6 is 11.3 Å². The van der Waals surface area contributed by atoms with Gasteiger partial charge in [0.2, 0.25) is 5.91 Å². The summed E-state index contributed by atoms with van der Waals surface area (Å²) in [6, 6.07) is 8.52. The van der Waals surface area contributed by atoms with Crippen LogP contribution in [0.5, 0.6) is 0 Å². The fraction of sp³-hybridized carbons (Fsp3) is 0.250. The molecule has 0 aliphatic carbocycles. The molecule has 7 nitrogen and oxygen atoms in total. The average Bonchev–Trinajstić information content (AvgIpc) is 3.20. The minimum absolute atomic E-state index is 0.187. The summed E-state index contributed by atoms with van der Waals surface area (Å²) in [7, 11) is 0. The molecule has 2 heterocycles. The summed E-state index contributed by atoms with van der Waals surface area (Å²) < 4.78 is 0. The van der Waals surface area contributed by atoms with E-state index in [1.165, 1.54) is 16.3 Å². The Bertz CT molecular complexity index is 787. The summed E-state index contributed by atoms with van der Waals surface area (Å²) in [6.07, 6.45) is 0.187. The molecule has 0 unspecified atom stereocenters. The molecule has 1 aliphatic heterocycles. The van der Waals surface area contributed by atoms with E-state index in [2.05, 4.69) is 15.4 Å². The third kappa shape index (κ3) is 3.43. The molecule has 8 heteroatoms. The number of aryl methyl sites for hydroxylation is 1. The molecule has 2 aromatic rings. The smallest absolute Gasteiger partial charge is 0.267 e. The van der Waals surface area contributed by atoms with Gasteiger partial charge in [0, 0.05) is 17.5 Å². The monoisotopic (exact) mass is 343 g/mol. The molecule has 2 amide bonds. The van der Waals surface area contributed by atoms with Crippen LogP contribution in [0.2, 0.25) is 0 Å². The maximum absolute atomic E-state index is 12.3. The van der Waals surface area contributed by atoms with Crippen molar-refractivity contribution >= 4 is 34.6 Å². The van der Waals surface area contributed by atoms with Crippen molar-refractivity contribution in [2.24, 2.45) is 10.8 Å². The summed E-state index contributed by atoms with van der Waals surface area (Å²) >= 11 is 1.49. The molecule has 1 aromatic heterocycles. The molecule has 24 heavy (non-hydrogen) atoms. The van der Waals surface area contributed by atoms with Gasteiger partial charge in [-0.25, -0.2) is 4.98 Å². The second-order valence-corrected chi connectivity index (χ2v) is 6.36. The number of rotatable bonds is 5. The largest absolute Gasteiger partial charge is 0.368 e. The Hall–Kier alpha value is -2.74. The third-order valence-corrected chi connectivity index (χ3v) is 4.56. The first-order valence-corrected chi connectivity index (χ1v) is 8.33. The van der Waals surface area contributed by atoms with Crippen molar-refractivity contribution in [3.8, 4) is 0 Å². The van der Waals surface area contributed by atoms with Crippen LogP contribution in [0.1, 0.15) is 17.1 Å². The number of nitrogens with one attached hydrogen (secondary N) is 1. The Morgan fingerprint density at radius 3 is 2.75 bits per heavy atom. The molecular weight excluding hydrogens is 326 g/mol. The molecule has 0 radical (unpaired) electrons. The second-order valence-electron chi connectivity index (χ2n) is 5.41. The van der Waals surface area contributed by atoms with Gasteiger partial charge in [0.1, 0.15) is 16.8 Å². The lowest BCUT2D eigenvalue weighted by molar-refractivity contribution is -0.119. The molecule has 1 aromatic carbocycles. The highest BCUT2D eigenvalue weighted by atomic mass is 32.1. The number of anilines is 1. The average molecular weight is 343 g/mol. The number of primary amides is 1. The zero-order valence-electron chi connectivity index (χ0n) is 13.1. The zero-order valence-corrected chi connectivity index (χ0v) is 13.9. The summed E-state index contributed by atoms with van der Waals surface area (Å²) in [5.41, 5.74) is 7.39. The lowest BCUT2D eigenvalue weighted by Crippen LogP contribution is -2.39. The van der Waals surface area contributed by atoms with Crippen LogP contribution in [0.3, 0.4) is 0 Å². The number of nitrogens with two attached hydrogens (primary N) is 1. The van der Waals surface area contributed by atoms with Gasteiger partial charge in [-0.05, 0) is 19.1 Å². The van der Waals surface area contributed by atoms with Gasteiger partial charge < -0.3 is 11.1 Å². The molecule has 0 saturated heterocycles. The van der Waals surface area contributed by atoms with Crippen LogP contribution in [-0.2, 0) is 16.1 Å². The van der Waals surface area contributed by atoms with E-state index in [0.717, 1.165) is 16.4 Å². The van der Waals surface area contributed by atoms with Gasteiger partial charge in [0.15, 0.2) is 0 Å². The van der Waals surface area contributed by atoms with Gasteiger partial charge in [-0.2, -0.15) is 5.10 Å². The predicted molar refractivity (Wildman–Crippen MR) is 92.7 cm³/mol. The predicted octanol–water partition coefficient (Wildman–Crippen LogP) is 1.19. The fourth-order valence-electron chi connectivity index (χ4n) is 2.43. The number of carbonyl (C=O) groups excluding carboxylic acids is 2. The van der Waals surface area contributed by atoms with E-state index < -0.39 is 11.9 Å². The van der Waals surface area contributed by atoms with Gasteiger partial charge in [-0.3, -0.25) is 14.6 Å². The van der Waals surface area contributed by atoms with Gasteiger partial charge >= 0.3 is 0 Å². The first-order valence-electron chi connectivity index (χ1n) is 7.45. The van der Waals surface area contributed by atoms with Crippen LogP contribution in [0.15, 0.2) is 40.8 Å². The van der Waals surface area contributed by atoms with Crippen molar-refractivity contribution in [3.05, 3.63) is 46.4 Å². The fourth-order valence-corrected chi connectivity index (χ4v) is 3.14. The number of hydrogen-bond donors (Lipinski definition) is 2. The minimum Gasteiger partial charge on any atom is -0.368 e. The molecule has 0 spiro atoms. The molecule has 1 atom stereocenters. The number of aromatic nitrogens is 1. The summed E-state index contributed by atoms with van der Waals surface area (Å²) in [4.78, 5) is 28.3. The number of thiazole rings is 1. The van der Waals surface area contributed by atoms with Gasteiger partial charge in [0.25, 0.3) is 5.91 Å². The maximum Gasteiger partial charge on any atom is 0.267 e. The highest BCUT2D eigenvalue weighted by Crippen LogP contribution is 2.24. The lowest BCUT2D eigenvalue weighted by atomic mass is 10.1. The first-order chi connectivity index (χ1) is 11.5. The normalized spacial score (nSPS) is 16.8. The first kappa shape index (κ1) is 16.1. The van der Waals surface area contributed by atoms with Gasteiger partial charge in [-0.15, -0.1) is 11.3 Å². The van der Waals surface area contributed by atoms with E-state index >= 15 is 0 Å². The van der Waals surface area contributed by atoms with Gasteiger partial charge in [0.05, 0.1) is 12.2 Å². The quantitative estimate of drug-likeness (QED) is 0.851. The molecule has 3 N–H and O–H groups in total. The van der Waals surface area contributed by atoms with E-state index in [0.29, 0.717) is 6.54 Å². The van der Waals surface area contributed by atoms with Crippen molar-refractivity contribution in [3.63, 3.8) is 0 Å². The SMILES string of the molecule is Cc1csc(CNC(=O)C2=NN(c3ccccc3)[C@H](C(N)=O)C2)n1. The number of hydrogen-bond acceptors (Lipinski definition) is 6. The van der Waals surface area contributed by atoms with Crippen molar-refractivity contribution in [2.75, 3.05) is 5.01 Å².